The van der Waals surface area contributed by atoms with Crippen molar-refractivity contribution in [3.8, 4) is 0 Å². The number of fused-ring (bicyclic) bond motifs is 2. The molecule has 0 aromatic heterocycles. The molecule has 2 unspecified atom stereocenters. The van der Waals surface area contributed by atoms with Crippen molar-refractivity contribution in [3.63, 3.8) is 0 Å². The third kappa shape index (κ3) is 3.46. The molecule has 2 aliphatic rings. The second-order valence-corrected chi connectivity index (χ2v) is 9.23. The molecule has 2 aliphatic heterocycles. The summed E-state index contributed by atoms with van der Waals surface area (Å²) in [5, 5.41) is 0. The summed E-state index contributed by atoms with van der Waals surface area (Å²) in [4.78, 5) is 0. The summed E-state index contributed by atoms with van der Waals surface area (Å²) in [5.41, 5.74) is 2.39. The smallest absolute Gasteiger partial charge is 0.0206 e. The van der Waals surface area contributed by atoms with Gasteiger partial charge in [0.15, 0.2) is 0 Å². The Balaban J connectivity index is 1.71. The molecule has 0 N–H and O–H groups in total. The van der Waals surface area contributed by atoms with E-state index in [9.17, 15) is 0 Å². The van der Waals surface area contributed by atoms with Crippen LogP contribution in [-0.2, 0) is 0 Å². The van der Waals surface area contributed by atoms with E-state index in [1.165, 1.54) is 30.6 Å². The molecule has 16 heavy (non-hydrogen) atoms. The van der Waals surface area contributed by atoms with Gasteiger partial charge in [-0.05, 0) is 55.5 Å². The molecule has 2 rings (SSSR count). The highest BCUT2D eigenvalue weighted by Crippen LogP contribution is 2.60. The first-order valence-electron chi connectivity index (χ1n) is 7.53. The average Bonchev–Trinajstić information content (AvgIpc) is 2.47. The Bertz CT molecular complexity index is 186. The largest absolute Gasteiger partial charge is 0.100 e. The van der Waals surface area contributed by atoms with Crippen LogP contribution >= 0.6 is 7.92 Å². The van der Waals surface area contributed by atoms with E-state index < -0.39 is 0 Å². The molecule has 0 spiro atoms. The van der Waals surface area contributed by atoms with Gasteiger partial charge in [0.25, 0.3) is 0 Å². The van der Waals surface area contributed by atoms with Gasteiger partial charge in [-0.2, -0.15) is 0 Å². The zero-order chi connectivity index (χ0) is 11.4. The maximum absolute atomic E-state index is 2.36. The quantitative estimate of drug-likeness (QED) is 0.446. The summed E-state index contributed by atoms with van der Waals surface area (Å²) < 4.78 is 0. The SMILES string of the molecule is CC(C)CCCCP1C2CCCCC1CC2. The van der Waals surface area contributed by atoms with Gasteiger partial charge in [0.05, 0.1) is 0 Å². The minimum Gasteiger partial charge on any atom is -0.100 e. The predicted molar refractivity (Wildman–Crippen MR) is 75.8 cm³/mol. The van der Waals surface area contributed by atoms with Crippen molar-refractivity contribution < 1.29 is 0 Å². The summed E-state index contributed by atoms with van der Waals surface area (Å²) in [7, 11) is 0.459. The zero-order valence-electron chi connectivity index (χ0n) is 11.3. The van der Waals surface area contributed by atoms with Crippen molar-refractivity contribution >= 4 is 7.92 Å². The second kappa shape index (κ2) is 6.39. The molecule has 1 heteroatoms. The van der Waals surface area contributed by atoms with E-state index in [0.29, 0.717) is 7.92 Å². The summed E-state index contributed by atoms with van der Waals surface area (Å²) in [6.45, 7) is 4.72. The van der Waals surface area contributed by atoms with Crippen LogP contribution in [0.25, 0.3) is 0 Å². The van der Waals surface area contributed by atoms with Crippen LogP contribution < -0.4 is 0 Å². The molecule has 0 radical (unpaired) electrons. The van der Waals surface area contributed by atoms with Gasteiger partial charge >= 0.3 is 0 Å². The fraction of sp³-hybridized carbons (Fsp3) is 1.00. The van der Waals surface area contributed by atoms with Gasteiger partial charge in [-0.15, -0.1) is 7.92 Å². The number of rotatable bonds is 5. The van der Waals surface area contributed by atoms with Gasteiger partial charge in [-0.25, -0.2) is 0 Å². The lowest BCUT2D eigenvalue weighted by atomic mass is 10.0. The Kier molecular flexibility index (Phi) is 5.14. The summed E-state index contributed by atoms with van der Waals surface area (Å²) in [6.07, 6.45) is 15.6. The van der Waals surface area contributed by atoms with E-state index in [2.05, 4.69) is 13.8 Å². The lowest BCUT2D eigenvalue weighted by Gasteiger charge is -2.23. The number of unbranched alkanes of at least 4 members (excludes halogenated alkanes) is 1. The van der Waals surface area contributed by atoms with E-state index >= 15 is 0 Å². The molecular formula is C15H29P. The number of hydrogen-bond acceptors (Lipinski definition) is 0. The lowest BCUT2D eigenvalue weighted by molar-refractivity contribution is 0.550. The molecule has 94 valence electrons. The van der Waals surface area contributed by atoms with Crippen molar-refractivity contribution in [3.05, 3.63) is 0 Å². The highest BCUT2D eigenvalue weighted by Gasteiger charge is 2.35. The van der Waals surface area contributed by atoms with Crippen molar-refractivity contribution in [2.45, 2.75) is 83.0 Å². The lowest BCUT2D eigenvalue weighted by Crippen LogP contribution is -2.04. The molecule has 2 bridgehead atoms. The van der Waals surface area contributed by atoms with Gasteiger partial charge < -0.3 is 0 Å². The minimum atomic E-state index is 0.459. The maximum Gasteiger partial charge on any atom is -0.0206 e. The highest BCUT2D eigenvalue weighted by atomic mass is 31.1. The van der Waals surface area contributed by atoms with Crippen LogP contribution in [0.3, 0.4) is 0 Å². The molecule has 2 saturated heterocycles. The Labute approximate surface area is 103 Å². The first-order chi connectivity index (χ1) is 7.77. The van der Waals surface area contributed by atoms with Gasteiger partial charge in [0, 0.05) is 0 Å². The Morgan fingerprint density at radius 2 is 1.56 bits per heavy atom. The van der Waals surface area contributed by atoms with E-state index in [4.69, 9.17) is 0 Å². The first-order valence-corrected chi connectivity index (χ1v) is 9.19. The standard InChI is InChI=1S/C15H29P/c1-13(2)7-5-6-12-16-14-8-3-4-9-15(16)11-10-14/h13-15H,3-12H2,1-2H3. The molecule has 2 heterocycles. The fourth-order valence-corrected chi connectivity index (χ4v) is 7.51. The van der Waals surface area contributed by atoms with Crippen molar-refractivity contribution in [1.29, 1.82) is 0 Å². The zero-order valence-corrected chi connectivity index (χ0v) is 12.1. The normalized spacial score (nSPS) is 34.3. The molecule has 2 fully saturated rings. The van der Waals surface area contributed by atoms with Crippen LogP contribution in [0.2, 0.25) is 0 Å². The second-order valence-electron chi connectivity index (χ2n) is 6.30. The monoisotopic (exact) mass is 240 g/mol. The third-order valence-corrected chi connectivity index (χ3v) is 8.29. The Morgan fingerprint density at radius 1 is 0.938 bits per heavy atom. The molecule has 0 aromatic carbocycles. The van der Waals surface area contributed by atoms with E-state index in [1.54, 1.807) is 44.7 Å². The van der Waals surface area contributed by atoms with Crippen LogP contribution in [0.4, 0.5) is 0 Å². The van der Waals surface area contributed by atoms with Gasteiger partial charge in [-0.3, -0.25) is 0 Å². The van der Waals surface area contributed by atoms with Crippen LogP contribution in [0, 0.1) is 5.92 Å². The molecular weight excluding hydrogens is 211 g/mol. The van der Waals surface area contributed by atoms with E-state index in [1.807, 2.05) is 0 Å². The molecule has 0 aromatic rings. The van der Waals surface area contributed by atoms with Gasteiger partial charge in [0.1, 0.15) is 0 Å². The van der Waals surface area contributed by atoms with Crippen LogP contribution in [-0.4, -0.2) is 17.5 Å². The van der Waals surface area contributed by atoms with Crippen molar-refractivity contribution in [2.75, 3.05) is 6.16 Å². The van der Waals surface area contributed by atoms with Gasteiger partial charge in [-0.1, -0.05) is 39.5 Å². The maximum atomic E-state index is 2.36. The molecule has 0 aliphatic carbocycles. The van der Waals surface area contributed by atoms with Crippen molar-refractivity contribution in [1.82, 2.24) is 0 Å². The Hall–Kier alpha value is 0.430. The predicted octanol–water partition coefficient (Wildman–Crippen LogP) is 5.40. The Morgan fingerprint density at radius 3 is 2.12 bits per heavy atom. The van der Waals surface area contributed by atoms with Crippen molar-refractivity contribution in [2.24, 2.45) is 5.92 Å². The minimum absolute atomic E-state index is 0.459. The van der Waals surface area contributed by atoms with Crippen LogP contribution in [0.5, 0.6) is 0 Å². The highest BCUT2D eigenvalue weighted by molar-refractivity contribution is 7.59. The summed E-state index contributed by atoms with van der Waals surface area (Å²) in [6, 6.07) is 0. The molecule has 0 saturated carbocycles. The molecule has 2 atom stereocenters. The summed E-state index contributed by atoms with van der Waals surface area (Å²) in [5.74, 6) is 0.915. The first kappa shape index (κ1) is 12.9. The topological polar surface area (TPSA) is 0 Å². The molecule has 0 amide bonds. The molecule has 0 nitrogen and oxygen atoms in total. The summed E-state index contributed by atoms with van der Waals surface area (Å²) >= 11 is 0. The third-order valence-electron chi connectivity index (χ3n) is 4.54. The van der Waals surface area contributed by atoms with E-state index in [0.717, 1.165) is 5.92 Å². The van der Waals surface area contributed by atoms with Crippen LogP contribution in [0.1, 0.15) is 71.6 Å². The van der Waals surface area contributed by atoms with Gasteiger partial charge in [0.2, 0.25) is 0 Å². The van der Waals surface area contributed by atoms with Crippen LogP contribution in [0.15, 0.2) is 0 Å². The number of hydrogen-bond donors (Lipinski definition) is 0. The average molecular weight is 240 g/mol. The fourth-order valence-electron chi connectivity index (χ4n) is 3.61. The van der Waals surface area contributed by atoms with E-state index in [-0.39, 0.29) is 0 Å².